The van der Waals surface area contributed by atoms with Gasteiger partial charge in [0, 0.05) is 30.1 Å². The molecule has 0 aliphatic carbocycles. The van der Waals surface area contributed by atoms with E-state index < -0.39 is 34.2 Å². The van der Waals surface area contributed by atoms with E-state index in [0.717, 1.165) is 35.2 Å². The zero-order valence-electron chi connectivity index (χ0n) is 25.1. The number of ether oxygens (including phenoxy) is 2. The Hall–Kier alpha value is -4.66. The number of hydrogen-bond donors (Lipinski definition) is 2. The number of carboxylic acids is 2. The smallest absolute Gasteiger partial charge is 0.414 e. The SMILES string of the molecule is CCCN(C)CCN1C(=O)C(OC(=O)c2ccc([N+](=O)[O-])cc2Cl)C(c2ccc(OC)cc2)Sc2ccccc21.O=C(O)C(=O)O. The Balaban J connectivity index is 0.000000875. The van der Waals surface area contributed by atoms with Crippen molar-refractivity contribution in [2.24, 2.45) is 0 Å². The first-order valence-corrected chi connectivity index (χ1v) is 15.1. The van der Waals surface area contributed by atoms with Gasteiger partial charge in [-0.05, 0) is 55.9 Å². The summed E-state index contributed by atoms with van der Waals surface area (Å²) in [5.41, 5.74) is 1.20. The van der Waals surface area contributed by atoms with Crippen LogP contribution in [0.1, 0.15) is 34.5 Å². The van der Waals surface area contributed by atoms with E-state index >= 15 is 0 Å². The number of nitro groups is 1. The first kappa shape index (κ1) is 35.8. The summed E-state index contributed by atoms with van der Waals surface area (Å²) in [5.74, 6) is -4.20. The Bertz CT molecular complexity index is 1570. The predicted molar refractivity (Wildman–Crippen MR) is 171 cm³/mol. The first-order chi connectivity index (χ1) is 21.9. The van der Waals surface area contributed by atoms with Crippen LogP contribution in [0.15, 0.2) is 71.6 Å². The number of carbonyl (C=O) groups excluding carboxylic acids is 2. The lowest BCUT2D eigenvalue weighted by Crippen LogP contribution is -2.45. The highest BCUT2D eigenvalue weighted by molar-refractivity contribution is 7.99. The van der Waals surface area contributed by atoms with Gasteiger partial charge in [-0.2, -0.15) is 0 Å². The second-order valence-corrected chi connectivity index (χ2v) is 11.5. The topological polar surface area (TPSA) is 177 Å². The van der Waals surface area contributed by atoms with Crippen LogP contribution in [-0.2, 0) is 19.1 Å². The van der Waals surface area contributed by atoms with Crippen LogP contribution in [0.2, 0.25) is 5.02 Å². The number of anilines is 1. The number of amides is 1. The Morgan fingerprint density at radius 2 is 1.70 bits per heavy atom. The molecule has 3 aromatic carbocycles. The number of halogens is 1. The van der Waals surface area contributed by atoms with Crippen molar-refractivity contribution in [3.8, 4) is 5.75 Å². The van der Waals surface area contributed by atoms with E-state index in [1.165, 1.54) is 23.9 Å². The maximum Gasteiger partial charge on any atom is 0.414 e. The monoisotopic (exact) mass is 673 g/mol. The van der Waals surface area contributed by atoms with Crippen LogP contribution in [0.4, 0.5) is 11.4 Å². The molecule has 1 aliphatic rings. The highest BCUT2D eigenvalue weighted by Crippen LogP contribution is 2.47. The number of hydrogen-bond acceptors (Lipinski definition) is 10. The maximum atomic E-state index is 14.3. The number of para-hydroxylation sites is 1. The van der Waals surface area contributed by atoms with Crippen LogP contribution >= 0.6 is 23.4 Å². The molecule has 46 heavy (non-hydrogen) atoms. The highest BCUT2D eigenvalue weighted by atomic mass is 35.5. The van der Waals surface area contributed by atoms with Gasteiger partial charge in [-0.1, -0.05) is 42.8 Å². The average Bonchev–Trinajstić information content (AvgIpc) is 3.14. The van der Waals surface area contributed by atoms with Gasteiger partial charge in [0.15, 0.2) is 6.10 Å². The molecule has 244 valence electrons. The molecule has 0 radical (unpaired) electrons. The number of aliphatic carboxylic acids is 2. The van der Waals surface area contributed by atoms with Crippen LogP contribution in [0, 0.1) is 10.1 Å². The normalized spacial score (nSPS) is 15.6. The van der Waals surface area contributed by atoms with Crippen molar-refractivity contribution in [1.82, 2.24) is 4.90 Å². The number of methoxy groups -OCH3 is 1. The van der Waals surface area contributed by atoms with Gasteiger partial charge in [-0.25, -0.2) is 14.4 Å². The van der Waals surface area contributed by atoms with Gasteiger partial charge in [0.25, 0.3) is 11.6 Å². The zero-order valence-corrected chi connectivity index (χ0v) is 26.7. The molecule has 0 fully saturated rings. The Kier molecular flexibility index (Phi) is 12.9. The summed E-state index contributed by atoms with van der Waals surface area (Å²) in [6.45, 7) is 4.00. The molecule has 0 saturated carbocycles. The molecular formula is C31H32ClN3O10S. The fourth-order valence-corrected chi connectivity index (χ4v) is 6.06. The molecule has 1 aliphatic heterocycles. The number of carboxylic acid groups (broad SMARTS) is 2. The van der Waals surface area contributed by atoms with E-state index in [2.05, 4.69) is 11.8 Å². The van der Waals surface area contributed by atoms with Crippen molar-refractivity contribution in [3.63, 3.8) is 0 Å². The fourth-order valence-electron chi connectivity index (χ4n) is 4.49. The molecule has 4 rings (SSSR count). The lowest BCUT2D eigenvalue weighted by molar-refractivity contribution is -0.384. The molecule has 13 nitrogen and oxygen atoms in total. The van der Waals surface area contributed by atoms with Crippen molar-refractivity contribution >= 4 is 58.6 Å². The third kappa shape index (κ3) is 9.19. The minimum Gasteiger partial charge on any atom is -0.497 e. The summed E-state index contributed by atoms with van der Waals surface area (Å²) in [5, 5.41) is 25.2. The van der Waals surface area contributed by atoms with Gasteiger partial charge in [0.05, 0.1) is 33.6 Å². The second-order valence-electron chi connectivity index (χ2n) is 9.93. The first-order valence-electron chi connectivity index (χ1n) is 13.9. The molecular weight excluding hydrogens is 642 g/mol. The molecule has 0 spiro atoms. The third-order valence-electron chi connectivity index (χ3n) is 6.75. The number of benzene rings is 3. The largest absolute Gasteiger partial charge is 0.497 e. The van der Waals surface area contributed by atoms with Crippen LogP contribution in [-0.4, -0.2) is 83.7 Å². The molecule has 1 heterocycles. The highest BCUT2D eigenvalue weighted by Gasteiger charge is 2.41. The lowest BCUT2D eigenvalue weighted by Gasteiger charge is -2.29. The number of fused-ring (bicyclic) bond motifs is 1. The summed E-state index contributed by atoms with van der Waals surface area (Å²) in [6, 6.07) is 18.4. The fraction of sp³-hybridized carbons (Fsp3) is 0.290. The van der Waals surface area contributed by atoms with Gasteiger partial charge in [-0.15, -0.1) is 11.8 Å². The van der Waals surface area contributed by atoms with Gasteiger partial charge in [0.1, 0.15) is 5.75 Å². The van der Waals surface area contributed by atoms with Crippen molar-refractivity contribution in [2.45, 2.75) is 29.6 Å². The molecule has 0 aromatic heterocycles. The Morgan fingerprint density at radius 3 is 2.26 bits per heavy atom. The Labute approximate surface area is 273 Å². The minimum atomic E-state index is -1.82. The number of thioether (sulfide) groups is 1. The number of nitro benzene ring substituents is 1. The molecule has 0 saturated heterocycles. The van der Waals surface area contributed by atoms with Gasteiger partial charge in [0.2, 0.25) is 0 Å². The summed E-state index contributed by atoms with van der Waals surface area (Å²) >= 11 is 7.67. The van der Waals surface area contributed by atoms with Crippen molar-refractivity contribution in [3.05, 3.63) is 93.0 Å². The van der Waals surface area contributed by atoms with E-state index in [1.807, 2.05) is 43.4 Å². The molecule has 2 N–H and O–H groups in total. The Morgan fingerprint density at radius 1 is 1.04 bits per heavy atom. The minimum absolute atomic E-state index is 0.0606. The lowest BCUT2D eigenvalue weighted by atomic mass is 10.0. The van der Waals surface area contributed by atoms with Gasteiger partial charge in [-0.3, -0.25) is 14.9 Å². The summed E-state index contributed by atoms with van der Waals surface area (Å²) < 4.78 is 11.2. The van der Waals surface area contributed by atoms with Gasteiger partial charge >= 0.3 is 17.9 Å². The van der Waals surface area contributed by atoms with Crippen LogP contribution < -0.4 is 9.64 Å². The van der Waals surface area contributed by atoms with E-state index in [4.69, 9.17) is 40.9 Å². The van der Waals surface area contributed by atoms with E-state index in [1.54, 1.807) is 24.1 Å². The zero-order chi connectivity index (χ0) is 34.0. The van der Waals surface area contributed by atoms with Crippen LogP contribution in [0.5, 0.6) is 5.75 Å². The third-order valence-corrected chi connectivity index (χ3v) is 8.43. The summed E-state index contributed by atoms with van der Waals surface area (Å²) in [7, 11) is 3.57. The molecule has 2 atom stereocenters. The quantitative estimate of drug-likeness (QED) is 0.125. The number of rotatable bonds is 10. The summed E-state index contributed by atoms with van der Waals surface area (Å²) in [4.78, 5) is 61.1. The van der Waals surface area contributed by atoms with Crippen LogP contribution in [0.25, 0.3) is 0 Å². The van der Waals surface area contributed by atoms with Crippen molar-refractivity contribution in [2.75, 3.05) is 38.7 Å². The summed E-state index contributed by atoms with van der Waals surface area (Å²) in [6.07, 6.45) is -0.229. The van der Waals surface area contributed by atoms with E-state index in [0.29, 0.717) is 18.8 Å². The second kappa shape index (κ2) is 16.6. The molecule has 3 aromatic rings. The van der Waals surface area contributed by atoms with Crippen LogP contribution in [0.3, 0.4) is 0 Å². The molecule has 0 bridgehead atoms. The number of nitrogens with zero attached hydrogens (tertiary/aromatic N) is 3. The van der Waals surface area contributed by atoms with E-state index in [9.17, 15) is 19.7 Å². The van der Waals surface area contributed by atoms with Crippen molar-refractivity contribution in [1.29, 1.82) is 0 Å². The number of esters is 1. The average molecular weight is 674 g/mol. The molecule has 2 unspecified atom stereocenters. The van der Waals surface area contributed by atoms with E-state index in [-0.39, 0.29) is 22.2 Å². The number of non-ortho nitro benzene ring substituents is 1. The van der Waals surface area contributed by atoms with Crippen molar-refractivity contribution < 1.29 is 43.8 Å². The maximum absolute atomic E-state index is 14.3. The number of likely N-dealkylation sites (N-methyl/N-ethyl adjacent to an activating group) is 1. The van der Waals surface area contributed by atoms with Gasteiger partial charge < -0.3 is 29.5 Å². The number of carbonyl (C=O) groups is 4. The standard InChI is InChI=1S/C29H30ClN3O6S.C2H2O4/c1-4-15-31(2)16-17-32-24-7-5-6-8-25(24)40-27(19-9-12-21(38-3)13-10-19)26(28(32)34)39-29(35)22-14-11-20(33(36)37)18-23(22)30;3-1(4)2(5)6/h5-14,18,26-27H,4,15-17H2,1-3H3;(H,3,4)(H,5,6). The molecule has 15 heteroatoms. The predicted octanol–water partition coefficient (Wildman–Crippen LogP) is 5.16. The molecule has 1 amide bonds.